The highest BCUT2D eigenvalue weighted by Crippen LogP contribution is 2.35. The molecule has 1 aromatic carbocycles. The molecule has 0 radical (unpaired) electrons. The summed E-state index contributed by atoms with van der Waals surface area (Å²) in [6.07, 6.45) is 6.98. The summed E-state index contributed by atoms with van der Waals surface area (Å²) >= 11 is 0. The van der Waals surface area contributed by atoms with Gasteiger partial charge in [-0.15, -0.1) is 0 Å². The molecule has 0 atom stereocenters. The molecule has 1 aromatic heterocycles. The molecule has 1 saturated heterocycles. The van der Waals surface area contributed by atoms with Crippen molar-refractivity contribution in [3.05, 3.63) is 48.0 Å². The van der Waals surface area contributed by atoms with E-state index in [4.69, 9.17) is 14.7 Å². The number of benzene rings is 1. The van der Waals surface area contributed by atoms with Crippen molar-refractivity contribution >= 4 is 39.8 Å². The van der Waals surface area contributed by atoms with Crippen LogP contribution in [0.15, 0.2) is 31.4 Å². The molecular weight excluding hydrogens is 526 g/mol. The van der Waals surface area contributed by atoms with E-state index in [1.165, 1.54) is 10.6 Å². The number of aryl methyl sites for hydroxylation is 1. The Kier molecular flexibility index (Phi) is 13.0. The van der Waals surface area contributed by atoms with Crippen LogP contribution in [-0.4, -0.2) is 81.3 Å². The van der Waals surface area contributed by atoms with Crippen LogP contribution in [0, 0.1) is 6.92 Å². The van der Waals surface area contributed by atoms with Crippen LogP contribution in [0.1, 0.15) is 56.7 Å². The molecular formula is C30H45N5O4S. The molecule has 0 spiro atoms. The number of hydrogen-bond acceptors (Lipinski definition) is 7. The Morgan fingerprint density at radius 3 is 2.15 bits per heavy atom. The van der Waals surface area contributed by atoms with Gasteiger partial charge in [0.05, 0.1) is 25.2 Å². The van der Waals surface area contributed by atoms with Crippen LogP contribution in [0.25, 0.3) is 23.4 Å². The molecule has 220 valence electrons. The first-order valence-electron chi connectivity index (χ1n) is 13.8. The standard InChI is InChI=1S/C23H28N4O2.C7H17NO2S/c1-6-17-16(4)10-9-11-19(17)21-18(7-2)22(26(5)20(28)8-3)25-23(24-21)27-12-14-29-15-13-27;1-4-6-8(7-5-2)11(3,9)10/h6-7,9-11H,1-2,8,12-15H2,3-5H3;4-7H2,1-3H3. The molecule has 0 N–H and O–H groups in total. The summed E-state index contributed by atoms with van der Waals surface area (Å²) in [6, 6.07) is 6.07. The minimum atomic E-state index is -2.96. The van der Waals surface area contributed by atoms with Crippen LogP contribution in [0.2, 0.25) is 0 Å². The second kappa shape index (κ2) is 15.6. The van der Waals surface area contributed by atoms with Crippen molar-refractivity contribution in [1.29, 1.82) is 0 Å². The molecule has 1 aliphatic heterocycles. The molecule has 10 heteroatoms. The Labute approximate surface area is 240 Å². The van der Waals surface area contributed by atoms with Crippen molar-refractivity contribution < 1.29 is 17.9 Å². The molecule has 0 saturated carbocycles. The third-order valence-corrected chi connectivity index (χ3v) is 7.91. The van der Waals surface area contributed by atoms with Crippen LogP contribution in [0.3, 0.4) is 0 Å². The summed E-state index contributed by atoms with van der Waals surface area (Å²) in [6.45, 7) is 19.8. The number of hydrogen-bond donors (Lipinski definition) is 0. The van der Waals surface area contributed by atoms with Gasteiger partial charge in [0.15, 0.2) is 0 Å². The highest BCUT2D eigenvalue weighted by atomic mass is 32.2. The number of carbonyl (C=O) groups is 1. The number of aromatic nitrogens is 2. The van der Waals surface area contributed by atoms with E-state index in [1.807, 2.05) is 52.0 Å². The Morgan fingerprint density at radius 1 is 1.05 bits per heavy atom. The largest absolute Gasteiger partial charge is 0.378 e. The van der Waals surface area contributed by atoms with Crippen LogP contribution in [0.5, 0.6) is 0 Å². The quantitative estimate of drug-likeness (QED) is 0.374. The highest BCUT2D eigenvalue weighted by molar-refractivity contribution is 7.88. The topological polar surface area (TPSA) is 95.9 Å². The van der Waals surface area contributed by atoms with Crippen LogP contribution in [0.4, 0.5) is 11.8 Å². The lowest BCUT2D eigenvalue weighted by molar-refractivity contribution is -0.118. The van der Waals surface area contributed by atoms with E-state index in [0.29, 0.717) is 57.6 Å². The number of ether oxygens (including phenoxy) is 1. The molecule has 40 heavy (non-hydrogen) atoms. The van der Waals surface area contributed by atoms with Crippen molar-refractivity contribution in [3.63, 3.8) is 0 Å². The molecule has 0 unspecified atom stereocenters. The lowest BCUT2D eigenvalue weighted by Gasteiger charge is -2.29. The van der Waals surface area contributed by atoms with Crippen LogP contribution < -0.4 is 9.80 Å². The average Bonchev–Trinajstić information content (AvgIpc) is 2.95. The minimum absolute atomic E-state index is 0.0149. The predicted molar refractivity (Wildman–Crippen MR) is 166 cm³/mol. The third-order valence-electron chi connectivity index (χ3n) is 6.60. The molecule has 9 nitrogen and oxygen atoms in total. The lowest BCUT2D eigenvalue weighted by atomic mass is 9.96. The van der Waals surface area contributed by atoms with Crippen molar-refractivity contribution in [3.8, 4) is 11.3 Å². The van der Waals surface area contributed by atoms with Crippen molar-refractivity contribution in [2.24, 2.45) is 0 Å². The lowest BCUT2D eigenvalue weighted by Crippen LogP contribution is -2.38. The first-order valence-corrected chi connectivity index (χ1v) is 15.7. The number of carbonyl (C=O) groups excluding carboxylic acids is 1. The smallest absolute Gasteiger partial charge is 0.228 e. The van der Waals surface area contributed by atoms with E-state index in [9.17, 15) is 13.2 Å². The zero-order valence-electron chi connectivity index (χ0n) is 24.9. The molecule has 2 heterocycles. The number of anilines is 2. The fraction of sp³-hybridized carbons (Fsp3) is 0.500. The molecule has 1 aliphatic rings. The Hall–Kier alpha value is -3.08. The van der Waals surface area contributed by atoms with Gasteiger partial charge >= 0.3 is 0 Å². The molecule has 0 bridgehead atoms. The van der Waals surface area contributed by atoms with Gasteiger partial charge in [0.2, 0.25) is 21.9 Å². The Morgan fingerprint density at radius 2 is 1.65 bits per heavy atom. The van der Waals surface area contributed by atoms with E-state index >= 15 is 0 Å². The Balaban J connectivity index is 0.000000432. The van der Waals surface area contributed by atoms with Gasteiger partial charge < -0.3 is 9.64 Å². The molecule has 0 aliphatic carbocycles. The van der Waals surface area contributed by atoms with Gasteiger partial charge in [-0.1, -0.05) is 64.3 Å². The van der Waals surface area contributed by atoms with Gasteiger partial charge in [-0.2, -0.15) is 4.98 Å². The van der Waals surface area contributed by atoms with E-state index in [1.54, 1.807) is 18.0 Å². The number of rotatable bonds is 11. The maximum atomic E-state index is 12.5. The van der Waals surface area contributed by atoms with E-state index in [-0.39, 0.29) is 5.91 Å². The van der Waals surface area contributed by atoms with Gasteiger partial charge in [-0.05, 0) is 30.9 Å². The summed E-state index contributed by atoms with van der Waals surface area (Å²) in [7, 11) is -1.21. The van der Waals surface area contributed by atoms with Gasteiger partial charge in [-0.25, -0.2) is 17.7 Å². The predicted octanol–water partition coefficient (Wildman–Crippen LogP) is 5.02. The first kappa shape index (κ1) is 33.1. The fourth-order valence-electron chi connectivity index (χ4n) is 4.46. The second-order valence-electron chi connectivity index (χ2n) is 9.62. The second-order valence-corrected chi connectivity index (χ2v) is 11.6. The van der Waals surface area contributed by atoms with Gasteiger partial charge in [0.25, 0.3) is 0 Å². The average molecular weight is 572 g/mol. The normalized spacial score (nSPS) is 13.4. The highest BCUT2D eigenvalue weighted by Gasteiger charge is 2.24. The first-order chi connectivity index (χ1) is 19.0. The monoisotopic (exact) mass is 571 g/mol. The van der Waals surface area contributed by atoms with Gasteiger partial charge in [-0.3, -0.25) is 9.69 Å². The summed E-state index contributed by atoms with van der Waals surface area (Å²) in [5.74, 6) is 1.14. The number of amides is 1. The number of sulfonamides is 1. The molecule has 2 aromatic rings. The SMILES string of the molecule is C=Cc1c(C)cccc1-c1nc(N2CCOCC2)nc(N(C)C(=O)CC)c1C=C.CCCN(CCC)S(C)(=O)=O. The van der Waals surface area contributed by atoms with Crippen molar-refractivity contribution in [2.75, 3.05) is 62.5 Å². The zero-order valence-corrected chi connectivity index (χ0v) is 25.8. The summed E-state index contributed by atoms with van der Waals surface area (Å²) in [4.78, 5) is 25.8. The molecule has 3 rings (SSSR count). The fourth-order valence-corrected chi connectivity index (χ4v) is 5.48. The molecule has 1 amide bonds. The van der Waals surface area contributed by atoms with Crippen LogP contribution >= 0.6 is 0 Å². The van der Waals surface area contributed by atoms with E-state index in [2.05, 4.69) is 18.1 Å². The molecule has 1 fully saturated rings. The Bertz CT molecular complexity index is 1270. The third kappa shape index (κ3) is 8.46. The number of nitrogens with zero attached hydrogens (tertiary/aromatic N) is 5. The van der Waals surface area contributed by atoms with Crippen molar-refractivity contribution in [2.45, 2.75) is 47.0 Å². The summed E-state index contributed by atoms with van der Waals surface area (Å²) in [5, 5.41) is 0. The van der Waals surface area contributed by atoms with Gasteiger partial charge in [0, 0.05) is 50.8 Å². The minimum Gasteiger partial charge on any atom is -0.378 e. The summed E-state index contributed by atoms with van der Waals surface area (Å²) < 4.78 is 29.1. The maximum absolute atomic E-state index is 12.5. The van der Waals surface area contributed by atoms with Crippen LogP contribution in [-0.2, 0) is 19.6 Å². The zero-order chi connectivity index (χ0) is 29.9. The number of morpholine rings is 1. The van der Waals surface area contributed by atoms with E-state index < -0.39 is 10.0 Å². The van der Waals surface area contributed by atoms with E-state index in [0.717, 1.165) is 40.8 Å². The summed E-state index contributed by atoms with van der Waals surface area (Å²) in [5.41, 5.74) is 4.56. The van der Waals surface area contributed by atoms with Gasteiger partial charge in [0.1, 0.15) is 5.82 Å². The maximum Gasteiger partial charge on any atom is 0.228 e. The van der Waals surface area contributed by atoms with Crippen molar-refractivity contribution in [1.82, 2.24) is 14.3 Å².